The number of methoxy groups -OCH3 is 1. The number of benzene rings is 3. The summed E-state index contributed by atoms with van der Waals surface area (Å²) in [6, 6.07) is 11.4. The van der Waals surface area contributed by atoms with E-state index in [1.54, 1.807) is 13.2 Å². The molecular formula is C59H79N3O9. The summed E-state index contributed by atoms with van der Waals surface area (Å²) in [6.07, 6.45) is 14.9. The molecule has 13 rings (SSSR count). The topological polar surface area (TPSA) is 196 Å². The van der Waals surface area contributed by atoms with Crippen molar-refractivity contribution in [1.82, 2.24) is 5.32 Å². The highest BCUT2D eigenvalue weighted by Gasteiger charge is 2.49. The quantitative estimate of drug-likeness (QED) is 0.0882. The summed E-state index contributed by atoms with van der Waals surface area (Å²) in [5, 5.41) is 61.8. The predicted octanol–water partition coefficient (Wildman–Crippen LogP) is 9.09. The zero-order chi connectivity index (χ0) is 49.7. The first kappa shape index (κ1) is 49.8. The van der Waals surface area contributed by atoms with Crippen molar-refractivity contribution < 1.29 is 44.5 Å². The number of ether oxygens (including phenoxy) is 3. The second kappa shape index (κ2) is 20.6. The van der Waals surface area contributed by atoms with Crippen LogP contribution in [0.5, 0.6) is 28.7 Å². The van der Waals surface area contributed by atoms with Crippen molar-refractivity contribution in [1.29, 1.82) is 0 Å². The maximum absolute atomic E-state index is 12.4. The van der Waals surface area contributed by atoms with E-state index in [9.17, 15) is 30.3 Å². The number of hydrogen-bond acceptors (Lipinski definition) is 12. The minimum Gasteiger partial charge on any atom is -0.508 e. The maximum Gasteiger partial charge on any atom is 0.188 e. The Morgan fingerprint density at radius 3 is 2.52 bits per heavy atom. The molecule has 0 radical (unpaired) electrons. The number of carbonyl (C=O) groups is 1. The second-order valence-electron chi connectivity index (χ2n) is 23.4. The van der Waals surface area contributed by atoms with E-state index < -0.39 is 18.3 Å². The minimum absolute atomic E-state index is 0.00706. The number of guanidine groups is 1. The number of phenols is 2. The Labute approximate surface area is 420 Å². The fourth-order valence-corrected chi connectivity index (χ4v) is 15.3. The molecule has 10 aliphatic rings. The Balaban J connectivity index is 1.09. The van der Waals surface area contributed by atoms with Gasteiger partial charge in [-0.3, -0.25) is 4.99 Å². The van der Waals surface area contributed by atoms with Crippen LogP contribution in [0.25, 0.3) is 11.1 Å². The largest absolute Gasteiger partial charge is 0.508 e. The molecule has 5 aliphatic carbocycles. The lowest BCUT2D eigenvalue weighted by molar-refractivity contribution is -0.109. The molecule has 3 aromatic carbocycles. The van der Waals surface area contributed by atoms with Gasteiger partial charge in [0, 0.05) is 55.6 Å². The van der Waals surface area contributed by atoms with Crippen LogP contribution < -0.4 is 25.3 Å². The molecule has 12 nitrogen and oxygen atoms in total. The molecule has 12 heteroatoms. The van der Waals surface area contributed by atoms with Crippen molar-refractivity contribution in [3.05, 3.63) is 76.4 Å². The Bertz CT molecular complexity index is 2490. The summed E-state index contributed by atoms with van der Waals surface area (Å²) in [6.45, 7) is 7.59. The normalized spacial score (nSPS) is 34.5. The number of rotatable bonds is 7. The number of carbonyl (C=O) groups excluding carboxylic acids is 1. The third-order valence-electron chi connectivity index (χ3n) is 18.8. The van der Waals surface area contributed by atoms with Crippen LogP contribution >= 0.6 is 0 Å². The summed E-state index contributed by atoms with van der Waals surface area (Å²) < 4.78 is 20.3. The van der Waals surface area contributed by atoms with Crippen LogP contribution in [0.4, 0.5) is 0 Å². The van der Waals surface area contributed by atoms with Crippen LogP contribution in [-0.2, 0) is 24.1 Å². The highest BCUT2D eigenvalue weighted by atomic mass is 16.5. The number of allylic oxidation sites excluding steroid dienone is 2. The molecule has 3 aromatic rings. The van der Waals surface area contributed by atoms with Gasteiger partial charge < -0.3 is 55.6 Å². The molecule has 71 heavy (non-hydrogen) atoms. The second-order valence-corrected chi connectivity index (χ2v) is 23.4. The van der Waals surface area contributed by atoms with Crippen LogP contribution in [0.1, 0.15) is 138 Å². The fourth-order valence-electron chi connectivity index (χ4n) is 15.3. The number of aromatic hydroxyl groups is 2. The van der Waals surface area contributed by atoms with Crippen LogP contribution in [0.15, 0.2) is 53.5 Å². The molecule has 14 atom stereocenters. The Morgan fingerprint density at radius 1 is 0.944 bits per heavy atom. The first-order valence-corrected chi connectivity index (χ1v) is 27.2. The third-order valence-corrected chi connectivity index (χ3v) is 18.8. The summed E-state index contributed by atoms with van der Waals surface area (Å²) >= 11 is 0. The zero-order valence-corrected chi connectivity index (χ0v) is 42.4. The summed E-state index contributed by atoms with van der Waals surface area (Å²) in [7, 11) is 1.70. The van der Waals surface area contributed by atoms with E-state index in [1.807, 2.05) is 24.3 Å². The SMILES string of the molecule is CCC1CC2C=CC1CC(O)CC1(CCCC1CC=O)CN=C(N)NCC1CCC3CCC(CO)C1C3Oc1cc(ccc1O)C1Oc3cc(OC)c4c(c3CC1O)C2Cc1cc(O)c(CC(C)C)cc1-4. The number of aldehydes is 1. The molecule has 5 aliphatic heterocycles. The zero-order valence-electron chi connectivity index (χ0n) is 42.4. The van der Waals surface area contributed by atoms with Crippen LogP contribution in [0, 0.1) is 58.7 Å². The van der Waals surface area contributed by atoms with E-state index >= 15 is 0 Å². The maximum atomic E-state index is 12.4. The molecule has 14 unspecified atom stereocenters. The van der Waals surface area contributed by atoms with Crippen molar-refractivity contribution >= 4 is 12.2 Å². The molecule has 3 fully saturated rings. The number of phenolic OH excluding ortho intramolecular Hbond substituents is 2. The number of aliphatic hydroxyl groups excluding tert-OH is 3. The Hall–Kier alpha value is -4.78. The minimum atomic E-state index is -0.921. The van der Waals surface area contributed by atoms with Crippen molar-refractivity contribution in [2.75, 3.05) is 26.8 Å². The van der Waals surface area contributed by atoms with Gasteiger partial charge >= 0.3 is 0 Å². The van der Waals surface area contributed by atoms with Gasteiger partial charge in [-0.2, -0.15) is 0 Å². The standard InChI is InChI=1S/C59H79N3O9/c1-5-33-20-36-11-10-35(33)21-43(65)28-59(17-6-7-42(59)16-18-63)31-62-58(60)61-29-38-12-8-34-9-13-39(30-64)53(38)57(34)71-51-25-37(14-15-47(51)66)56-49(68)26-46-50(70-56)27-52(69-4)55-45-23-41(19-32(2)3)48(67)24-40(45)22-44(36)54(46)55/h10-11,14-15,18,23-25,27,32-36,38-39,42-44,49,53,56-57,64-68H,5-9,12-13,16-17,19-22,26,28-31H2,1-4H3,(H3,60,61,62). The van der Waals surface area contributed by atoms with E-state index in [4.69, 9.17) is 24.9 Å². The molecule has 0 aromatic heterocycles. The number of aliphatic hydroxyl groups is 3. The van der Waals surface area contributed by atoms with Crippen molar-refractivity contribution in [3.8, 4) is 39.9 Å². The molecule has 12 bridgehead atoms. The van der Waals surface area contributed by atoms with Crippen LogP contribution in [0.2, 0.25) is 0 Å². The number of fused-ring (bicyclic) bond motifs is 2. The first-order chi connectivity index (χ1) is 34.3. The van der Waals surface area contributed by atoms with Crippen molar-refractivity contribution in [2.45, 2.75) is 147 Å². The monoisotopic (exact) mass is 974 g/mol. The van der Waals surface area contributed by atoms with Crippen LogP contribution in [-0.4, -0.2) is 82.9 Å². The van der Waals surface area contributed by atoms with Gasteiger partial charge in [-0.25, -0.2) is 0 Å². The highest BCUT2D eigenvalue weighted by Crippen LogP contribution is 2.57. The van der Waals surface area contributed by atoms with Gasteiger partial charge in [0.05, 0.1) is 19.3 Å². The van der Waals surface area contributed by atoms with E-state index in [1.165, 1.54) is 0 Å². The molecule has 8 N–H and O–H groups in total. The number of nitrogens with one attached hydrogen (secondary N) is 1. The van der Waals surface area contributed by atoms with Gasteiger partial charge in [0.1, 0.15) is 35.7 Å². The average Bonchev–Trinajstić information content (AvgIpc) is 3.74. The van der Waals surface area contributed by atoms with Crippen LogP contribution in [0.3, 0.4) is 0 Å². The van der Waals surface area contributed by atoms with Gasteiger partial charge in [-0.1, -0.05) is 51.8 Å². The number of hydrogen-bond donors (Lipinski definition) is 7. The first-order valence-electron chi connectivity index (χ1n) is 27.2. The smallest absolute Gasteiger partial charge is 0.188 e. The molecule has 384 valence electrons. The Kier molecular flexibility index (Phi) is 14.5. The number of nitrogens with zero attached hydrogens (tertiary/aromatic N) is 1. The lowest BCUT2D eigenvalue weighted by Crippen LogP contribution is -2.53. The van der Waals surface area contributed by atoms with Gasteiger partial charge in [0.25, 0.3) is 0 Å². The third kappa shape index (κ3) is 9.55. The lowest BCUT2D eigenvalue weighted by Gasteiger charge is -2.50. The van der Waals surface area contributed by atoms with Gasteiger partial charge in [0.2, 0.25) is 0 Å². The Morgan fingerprint density at radius 2 is 1.75 bits per heavy atom. The van der Waals surface area contributed by atoms with Gasteiger partial charge in [-0.05, 0) is 181 Å². The average molecular weight is 974 g/mol. The van der Waals surface area contributed by atoms with Gasteiger partial charge in [0.15, 0.2) is 17.5 Å². The van der Waals surface area contributed by atoms with Crippen molar-refractivity contribution in [2.24, 2.45) is 69.4 Å². The molecule has 1 spiro atoms. The number of nitrogens with two attached hydrogens (primary N) is 1. The number of aliphatic imine (C=N–C) groups is 1. The van der Waals surface area contributed by atoms with E-state index in [2.05, 4.69) is 44.3 Å². The van der Waals surface area contributed by atoms with Crippen molar-refractivity contribution in [3.63, 3.8) is 0 Å². The van der Waals surface area contributed by atoms with Gasteiger partial charge in [-0.15, -0.1) is 0 Å². The van der Waals surface area contributed by atoms with E-state index in [0.29, 0.717) is 91.6 Å². The summed E-state index contributed by atoms with van der Waals surface area (Å²) in [5.74, 6) is 3.72. The molecule has 5 heterocycles. The predicted molar refractivity (Wildman–Crippen MR) is 275 cm³/mol. The molecule has 0 amide bonds. The fraction of sp³-hybridized carbons (Fsp3) is 0.627. The molecule has 3 saturated carbocycles. The molecule has 0 saturated heterocycles. The summed E-state index contributed by atoms with van der Waals surface area (Å²) in [5.41, 5.74) is 13.2. The van der Waals surface area contributed by atoms with E-state index in [-0.39, 0.29) is 71.2 Å². The molecular weight excluding hydrogens is 895 g/mol. The highest BCUT2D eigenvalue weighted by molar-refractivity contribution is 5.84. The summed E-state index contributed by atoms with van der Waals surface area (Å²) in [4.78, 5) is 17.1. The lowest BCUT2D eigenvalue weighted by atomic mass is 9.60. The van der Waals surface area contributed by atoms with E-state index in [0.717, 1.165) is 104 Å².